The molecule has 2 aromatic rings. The van der Waals surface area contributed by atoms with Crippen molar-refractivity contribution in [1.82, 2.24) is 9.88 Å². The van der Waals surface area contributed by atoms with Crippen LogP contribution in [0.5, 0.6) is 0 Å². The van der Waals surface area contributed by atoms with E-state index in [1.54, 1.807) is 0 Å². The Labute approximate surface area is 173 Å². The van der Waals surface area contributed by atoms with Crippen LogP contribution in [-0.4, -0.2) is 54.0 Å². The summed E-state index contributed by atoms with van der Waals surface area (Å²) in [6.45, 7) is 3.32. The number of carbonyl (C=O) groups excluding carboxylic acids is 2. The fraction of sp³-hybridized carbons (Fsp3) is 0.476. The Morgan fingerprint density at radius 3 is 3.00 bits per heavy atom. The molecule has 2 amide bonds. The average molecular weight is 413 g/mol. The quantitative estimate of drug-likeness (QED) is 0.833. The van der Waals surface area contributed by atoms with Crippen LogP contribution >= 0.6 is 11.3 Å². The molecule has 8 heteroatoms. The highest BCUT2D eigenvalue weighted by atomic mass is 32.1. The SMILES string of the molecule is O=C(Nc1nc2c(s1)CN(CC(=O)N1CCc3ccccc31)CC2)C1CCCO1. The smallest absolute Gasteiger partial charge is 0.255 e. The lowest BCUT2D eigenvalue weighted by Crippen LogP contribution is -2.41. The third kappa shape index (κ3) is 3.80. The van der Waals surface area contributed by atoms with Crippen LogP contribution in [0.15, 0.2) is 24.3 Å². The molecule has 0 bridgehead atoms. The molecule has 1 aromatic heterocycles. The molecule has 1 unspecified atom stereocenters. The zero-order chi connectivity index (χ0) is 19.8. The summed E-state index contributed by atoms with van der Waals surface area (Å²) in [6.07, 6.45) is 3.07. The van der Waals surface area contributed by atoms with E-state index < -0.39 is 0 Å². The van der Waals surface area contributed by atoms with Gasteiger partial charge in [-0.25, -0.2) is 4.98 Å². The summed E-state index contributed by atoms with van der Waals surface area (Å²) in [5, 5.41) is 3.54. The molecular formula is C21H24N4O3S. The summed E-state index contributed by atoms with van der Waals surface area (Å²) in [4.78, 5) is 35.0. The summed E-state index contributed by atoms with van der Waals surface area (Å²) in [5.74, 6) is 0.0446. The number of anilines is 2. The first-order chi connectivity index (χ1) is 14.2. The van der Waals surface area contributed by atoms with Crippen molar-refractivity contribution in [3.63, 3.8) is 0 Å². The monoisotopic (exact) mass is 412 g/mol. The fourth-order valence-electron chi connectivity index (χ4n) is 4.28. The van der Waals surface area contributed by atoms with Crippen molar-refractivity contribution < 1.29 is 14.3 Å². The molecule has 7 nitrogen and oxygen atoms in total. The first kappa shape index (κ1) is 18.7. The van der Waals surface area contributed by atoms with Gasteiger partial charge < -0.3 is 9.64 Å². The number of hydrogen-bond donors (Lipinski definition) is 1. The number of amides is 2. The minimum atomic E-state index is -0.353. The lowest BCUT2D eigenvalue weighted by Gasteiger charge is -2.27. The van der Waals surface area contributed by atoms with Crippen LogP contribution in [0.4, 0.5) is 10.8 Å². The molecule has 5 rings (SSSR count). The molecule has 1 atom stereocenters. The van der Waals surface area contributed by atoms with Crippen molar-refractivity contribution in [1.29, 1.82) is 0 Å². The van der Waals surface area contributed by atoms with Gasteiger partial charge in [0.05, 0.1) is 12.2 Å². The zero-order valence-corrected chi connectivity index (χ0v) is 17.0. The summed E-state index contributed by atoms with van der Waals surface area (Å²) in [7, 11) is 0. The van der Waals surface area contributed by atoms with E-state index in [1.165, 1.54) is 16.9 Å². The normalized spacial score (nSPS) is 21.1. The van der Waals surface area contributed by atoms with Crippen LogP contribution in [0.3, 0.4) is 0 Å². The van der Waals surface area contributed by atoms with Gasteiger partial charge in [-0.2, -0.15) is 0 Å². The van der Waals surface area contributed by atoms with Gasteiger partial charge in [0.25, 0.3) is 5.91 Å². The number of carbonyl (C=O) groups is 2. The van der Waals surface area contributed by atoms with Crippen molar-refractivity contribution in [3.05, 3.63) is 40.4 Å². The molecule has 0 aliphatic carbocycles. The number of nitrogens with zero attached hydrogens (tertiary/aromatic N) is 3. The maximum Gasteiger partial charge on any atom is 0.255 e. The van der Waals surface area contributed by atoms with Crippen molar-refractivity contribution in [2.45, 2.75) is 38.3 Å². The highest BCUT2D eigenvalue weighted by Gasteiger charge is 2.29. The molecule has 1 aromatic carbocycles. The first-order valence-electron chi connectivity index (χ1n) is 10.2. The number of ether oxygens (including phenoxy) is 1. The topological polar surface area (TPSA) is 74.8 Å². The standard InChI is InChI=1S/C21H24N4O3S/c26-19(25-10-7-14-4-1-2-5-16(14)25)13-24-9-8-15-18(12-24)29-21(22-15)23-20(27)17-6-3-11-28-17/h1-2,4-5,17H,3,6-13H2,(H,22,23,27). The van der Waals surface area contributed by atoms with Gasteiger partial charge in [-0.15, -0.1) is 11.3 Å². The predicted octanol–water partition coefficient (Wildman–Crippen LogP) is 2.21. The second-order valence-electron chi connectivity index (χ2n) is 7.76. The maximum atomic E-state index is 12.9. The zero-order valence-electron chi connectivity index (χ0n) is 16.2. The van der Waals surface area contributed by atoms with Crippen LogP contribution in [-0.2, 0) is 33.7 Å². The Balaban J connectivity index is 1.21. The summed E-state index contributed by atoms with van der Waals surface area (Å²) < 4.78 is 5.44. The Kier molecular flexibility index (Phi) is 5.07. The van der Waals surface area contributed by atoms with Crippen LogP contribution in [0.2, 0.25) is 0 Å². The molecule has 0 radical (unpaired) electrons. The van der Waals surface area contributed by atoms with Crippen LogP contribution < -0.4 is 10.2 Å². The Morgan fingerprint density at radius 1 is 1.24 bits per heavy atom. The van der Waals surface area contributed by atoms with E-state index >= 15 is 0 Å². The number of benzene rings is 1. The van der Waals surface area contributed by atoms with E-state index in [0.717, 1.165) is 55.0 Å². The van der Waals surface area contributed by atoms with E-state index in [9.17, 15) is 9.59 Å². The lowest BCUT2D eigenvalue weighted by molar-refractivity contribution is -0.124. The Hall–Kier alpha value is -2.29. The molecule has 1 saturated heterocycles. The predicted molar refractivity (Wildman–Crippen MR) is 111 cm³/mol. The molecule has 0 spiro atoms. The number of nitrogens with one attached hydrogen (secondary N) is 1. The molecule has 3 aliphatic rings. The highest BCUT2D eigenvalue weighted by Crippen LogP contribution is 2.30. The maximum absolute atomic E-state index is 12.9. The number of fused-ring (bicyclic) bond motifs is 2. The van der Waals surface area contributed by atoms with Gasteiger partial charge in [0.2, 0.25) is 5.91 Å². The third-order valence-electron chi connectivity index (χ3n) is 5.81. The van der Waals surface area contributed by atoms with E-state index in [1.807, 2.05) is 23.1 Å². The number of thiazole rings is 1. The Bertz CT molecular complexity index is 938. The van der Waals surface area contributed by atoms with Gasteiger partial charge in [0, 0.05) is 43.2 Å². The van der Waals surface area contributed by atoms with Crippen molar-refractivity contribution in [2.24, 2.45) is 0 Å². The second-order valence-corrected chi connectivity index (χ2v) is 8.85. The average Bonchev–Trinajstić information content (AvgIpc) is 3.46. The molecule has 4 heterocycles. The molecule has 0 saturated carbocycles. The van der Waals surface area contributed by atoms with Gasteiger partial charge in [-0.3, -0.25) is 19.8 Å². The van der Waals surface area contributed by atoms with Crippen LogP contribution in [0, 0.1) is 0 Å². The highest BCUT2D eigenvalue weighted by molar-refractivity contribution is 7.15. The van der Waals surface area contributed by atoms with Gasteiger partial charge in [-0.1, -0.05) is 18.2 Å². The number of aromatic nitrogens is 1. The van der Waals surface area contributed by atoms with Crippen molar-refractivity contribution >= 4 is 34.0 Å². The summed E-state index contributed by atoms with van der Waals surface area (Å²) in [6, 6.07) is 8.14. The lowest BCUT2D eigenvalue weighted by atomic mass is 10.1. The van der Waals surface area contributed by atoms with Crippen molar-refractivity contribution in [3.8, 4) is 0 Å². The number of rotatable bonds is 4. The van der Waals surface area contributed by atoms with E-state index in [2.05, 4.69) is 21.3 Å². The van der Waals surface area contributed by atoms with Gasteiger partial charge >= 0.3 is 0 Å². The van der Waals surface area contributed by atoms with E-state index in [0.29, 0.717) is 24.8 Å². The summed E-state index contributed by atoms with van der Waals surface area (Å²) in [5.41, 5.74) is 3.33. The third-order valence-corrected chi connectivity index (χ3v) is 6.81. The minimum absolute atomic E-state index is 0.103. The molecule has 1 fully saturated rings. The number of para-hydroxylation sites is 1. The number of hydrogen-bond acceptors (Lipinski definition) is 6. The van der Waals surface area contributed by atoms with Gasteiger partial charge in [0.1, 0.15) is 6.10 Å². The van der Waals surface area contributed by atoms with Crippen molar-refractivity contribution in [2.75, 3.05) is 36.5 Å². The van der Waals surface area contributed by atoms with Gasteiger partial charge in [0.15, 0.2) is 5.13 Å². The van der Waals surface area contributed by atoms with E-state index in [4.69, 9.17) is 4.74 Å². The fourth-order valence-corrected chi connectivity index (χ4v) is 5.33. The second kappa shape index (κ2) is 7.85. The molecule has 1 N–H and O–H groups in total. The largest absolute Gasteiger partial charge is 0.368 e. The molecule has 29 heavy (non-hydrogen) atoms. The van der Waals surface area contributed by atoms with Crippen LogP contribution in [0.1, 0.15) is 29.0 Å². The Morgan fingerprint density at radius 2 is 2.14 bits per heavy atom. The van der Waals surface area contributed by atoms with Crippen LogP contribution in [0.25, 0.3) is 0 Å². The van der Waals surface area contributed by atoms with E-state index in [-0.39, 0.29) is 17.9 Å². The summed E-state index contributed by atoms with van der Waals surface area (Å²) >= 11 is 1.51. The molecule has 3 aliphatic heterocycles. The first-order valence-corrected chi connectivity index (χ1v) is 11.0. The molecular weight excluding hydrogens is 388 g/mol. The minimum Gasteiger partial charge on any atom is -0.368 e. The molecule has 152 valence electrons. The van der Waals surface area contributed by atoms with Gasteiger partial charge in [-0.05, 0) is 30.9 Å².